The number of aromatic nitrogens is 4. The Bertz CT molecular complexity index is 1560. The molecular weight excluding hydrogens is 766 g/mol. The van der Waals surface area contributed by atoms with Gasteiger partial charge in [-0.05, 0) is 108 Å². The summed E-state index contributed by atoms with van der Waals surface area (Å²) in [7, 11) is 0. The van der Waals surface area contributed by atoms with Crippen molar-refractivity contribution in [1.29, 1.82) is 5.26 Å². The van der Waals surface area contributed by atoms with Crippen LogP contribution in [0.3, 0.4) is 0 Å². The Hall–Kier alpha value is -2.84. The number of anilines is 3. The van der Waals surface area contributed by atoms with Crippen molar-refractivity contribution in [3.8, 4) is 27.2 Å². The summed E-state index contributed by atoms with van der Waals surface area (Å²) in [4.78, 5) is 8.87. The lowest BCUT2D eigenvalue weighted by atomic mass is 10.0. The smallest absolute Gasteiger partial charge is 0.198 e. The van der Waals surface area contributed by atoms with E-state index < -0.39 is 0 Å². The number of aromatic amines is 1. The van der Waals surface area contributed by atoms with Gasteiger partial charge in [-0.2, -0.15) is 5.26 Å². The van der Waals surface area contributed by atoms with Gasteiger partial charge in [-0.3, -0.25) is 0 Å². The van der Waals surface area contributed by atoms with Gasteiger partial charge in [0.1, 0.15) is 22.0 Å². The molecule has 5 rings (SSSR count). The molecular formula is C24H23BrI2N8O2. The Morgan fingerprint density at radius 1 is 0.865 bits per heavy atom. The normalized spacial score (nSPS) is 10.3. The molecule has 3 heterocycles. The van der Waals surface area contributed by atoms with E-state index in [1.54, 1.807) is 4.98 Å². The minimum Gasteiger partial charge on any atom is -0.397 e. The number of hydrogen-bond acceptors (Lipinski definition) is 9. The number of nitrogens with one attached hydrogen (secondary N) is 1. The Labute approximate surface area is 248 Å². The second-order valence-electron chi connectivity index (χ2n) is 7.92. The zero-order chi connectivity index (χ0) is 27.4. The summed E-state index contributed by atoms with van der Waals surface area (Å²) in [6.07, 6.45) is 0. The lowest BCUT2D eigenvalue weighted by Crippen LogP contribution is -1.98. The number of H-pyrrole nitrogens is 1. The van der Waals surface area contributed by atoms with Crippen LogP contribution in [0.25, 0.3) is 33.3 Å². The molecule has 10 nitrogen and oxygen atoms in total. The first kappa shape index (κ1) is 28.7. The molecule has 13 heteroatoms. The Morgan fingerprint density at radius 2 is 1.35 bits per heavy atom. The van der Waals surface area contributed by atoms with Crippen LogP contribution >= 0.6 is 61.1 Å². The molecule has 0 unspecified atom stereocenters. The highest BCUT2D eigenvalue weighted by Gasteiger charge is 2.15. The van der Waals surface area contributed by atoms with E-state index >= 15 is 0 Å². The number of imidazole rings is 1. The van der Waals surface area contributed by atoms with E-state index in [0.717, 1.165) is 63.3 Å². The Morgan fingerprint density at radius 3 is 1.81 bits per heavy atom. The van der Waals surface area contributed by atoms with Crippen molar-refractivity contribution in [2.75, 3.05) is 17.2 Å². The summed E-state index contributed by atoms with van der Waals surface area (Å²) < 4.78 is 12.3. The second-order valence-corrected chi connectivity index (χ2v) is 10.6. The van der Waals surface area contributed by atoms with Gasteiger partial charge in [0.05, 0.1) is 28.3 Å². The van der Waals surface area contributed by atoms with Crippen LogP contribution < -0.4 is 17.2 Å². The molecule has 0 amide bonds. The van der Waals surface area contributed by atoms with Gasteiger partial charge in [0, 0.05) is 34.2 Å². The molecule has 0 bridgehead atoms. The average molecular weight is 789 g/mol. The maximum absolute atomic E-state index is 7.24. The predicted octanol–water partition coefficient (Wildman–Crippen LogP) is 6.61. The van der Waals surface area contributed by atoms with Crippen LogP contribution in [0.2, 0.25) is 0 Å². The van der Waals surface area contributed by atoms with Crippen molar-refractivity contribution in [3.05, 3.63) is 54.3 Å². The van der Waals surface area contributed by atoms with Gasteiger partial charge in [0.15, 0.2) is 5.95 Å². The third-order valence-electron chi connectivity index (χ3n) is 5.36. The van der Waals surface area contributed by atoms with Crippen LogP contribution in [0.5, 0.6) is 0 Å². The summed E-state index contributed by atoms with van der Waals surface area (Å²) in [5.74, 6) is 2.03. The van der Waals surface area contributed by atoms with E-state index in [-0.39, 0.29) is 0 Å². The van der Waals surface area contributed by atoms with E-state index in [0.29, 0.717) is 17.3 Å². The number of benzene rings is 2. The fourth-order valence-electron chi connectivity index (χ4n) is 3.81. The quantitative estimate of drug-likeness (QED) is 0.113. The standard InChI is InChI=1S/C12H11IN4O.C11H12IN3O.CBrN/c1-5-10(6(2)18-17-5)7-3-8(13)11-9(4-7)15-12(14)16-11;1-5-10(6(2)16-15-5)7-3-8(12)11(14)9(13)4-7;2-1-3/h3-4H,1-2H3,(H3,14,15,16);3-4H,13-14H2,1-2H3;. The van der Waals surface area contributed by atoms with Gasteiger partial charge in [-0.1, -0.05) is 10.3 Å². The van der Waals surface area contributed by atoms with Gasteiger partial charge in [0.2, 0.25) is 0 Å². The lowest BCUT2D eigenvalue weighted by Gasteiger charge is -2.07. The molecule has 5 aromatic rings. The zero-order valence-electron chi connectivity index (χ0n) is 20.3. The first-order valence-corrected chi connectivity index (χ1v) is 13.6. The lowest BCUT2D eigenvalue weighted by molar-refractivity contribution is 0.393. The molecule has 0 fully saturated rings. The topological polar surface area (TPSA) is 183 Å². The van der Waals surface area contributed by atoms with Crippen molar-refractivity contribution in [1.82, 2.24) is 20.3 Å². The van der Waals surface area contributed by atoms with Crippen LogP contribution in [-0.2, 0) is 0 Å². The van der Waals surface area contributed by atoms with E-state index in [9.17, 15) is 0 Å². The molecule has 192 valence electrons. The second kappa shape index (κ2) is 12.1. The summed E-state index contributed by atoms with van der Waals surface area (Å²) in [6.45, 7) is 7.64. The Balaban J connectivity index is 0.000000187. The van der Waals surface area contributed by atoms with E-state index in [2.05, 4.69) is 87.5 Å². The number of nitrogens with two attached hydrogens (primary N) is 3. The first-order chi connectivity index (χ1) is 17.5. The number of fused-ring (bicyclic) bond motifs is 1. The fraction of sp³-hybridized carbons (Fsp3) is 0.167. The molecule has 0 saturated heterocycles. The average Bonchev–Trinajstić information content (AvgIpc) is 3.48. The van der Waals surface area contributed by atoms with Crippen molar-refractivity contribution in [2.24, 2.45) is 0 Å². The van der Waals surface area contributed by atoms with E-state index in [1.165, 1.54) is 0 Å². The Kier molecular flexibility index (Phi) is 9.42. The van der Waals surface area contributed by atoms with Crippen LogP contribution in [0.1, 0.15) is 22.9 Å². The fourth-order valence-corrected chi connectivity index (χ4v) is 5.21. The number of aryl methyl sites for hydroxylation is 4. The van der Waals surface area contributed by atoms with Gasteiger partial charge < -0.3 is 31.2 Å². The van der Waals surface area contributed by atoms with Crippen LogP contribution in [0, 0.1) is 45.1 Å². The van der Waals surface area contributed by atoms with Crippen molar-refractivity contribution < 1.29 is 9.05 Å². The summed E-state index contributed by atoms with van der Waals surface area (Å²) in [5, 5.41) is 15.1. The molecule has 0 atom stereocenters. The highest BCUT2D eigenvalue weighted by atomic mass is 127. The van der Waals surface area contributed by atoms with Gasteiger partial charge in [-0.25, -0.2) is 4.98 Å². The molecule has 3 aromatic heterocycles. The van der Waals surface area contributed by atoms with Gasteiger partial charge in [-0.15, -0.1) is 0 Å². The van der Waals surface area contributed by atoms with E-state index in [4.69, 9.17) is 31.5 Å². The number of nitriles is 1. The molecule has 0 aliphatic rings. The number of hydrogen-bond donors (Lipinski definition) is 4. The minimum absolute atomic E-state index is 0.429. The van der Waals surface area contributed by atoms with Gasteiger partial charge in [0.25, 0.3) is 0 Å². The monoisotopic (exact) mass is 788 g/mol. The largest absolute Gasteiger partial charge is 0.397 e. The molecule has 37 heavy (non-hydrogen) atoms. The zero-order valence-corrected chi connectivity index (χ0v) is 26.2. The van der Waals surface area contributed by atoms with Crippen molar-refractivity contribution >= 4 is 89.5 Å². The molecule has 0 aliphatic carbocycles. The van der Waals surface area contributed by atoms with E-state index in [1.807, 2.05) is 45.9 Å². The van der Waals surface area contributed by atoms with Crippen LogP contribution in [0.15, 0.2) is 33.3 Å². The molecule has 0 radical (unpaired) electrons. The minimum atomic E-state index is 0.429. The van der Waals surface area contributed by atoms with Crippen LogP contribution in [-0.4, -0.2) is 20.3 Å². The molecule has 0 aliphatic heterocycles. The molecule has 7 N–H and O–H groups in total. The molecule has 0 saturated carbocycles. The van der Waals surface area contributed by atoms with Crippen LogP contribution in [0.4, 0.5) is 17.3 Å². The third kappa shape index (κ3) is 6.36. The number of nitrogens with zero attached hydrogens (tertiary/aromatic N) is 4. The van der Waals surface area contributed by atoms with Crippen molar-refractivity contribution in [2.45, 2.75) is 27.7 Å². The van der Waals surface area contributed by atoms with Gasteiger partial charge >= 0.3 is 0 Å². The highest BCUT2D eigenvalue weighted by Crippen LogP contribution is 2.34. The SMILES string of the molecule is Cc1noc(C)c1-c1cc(I)c2nc(N)[nH]c2c1.Cc1noc(C)c1-c1cc(N)c(N)c(I)c1.N#CBr. The molecule has 2 aromatic carbocycles. The summed E-state index contributed by atoms with van der Waals surface area (Å²) in [5.41, 5.74) is 26.2. The first-order valence-electron chi connectivity index (χ1n) is 10.6. The summed E-state index contributed by atoms with van der Waals surface area (Å²) in [6, 6.07) is 7.92. The third-order valence-corrected chi connectivity index (χ3v) is 7.08. The molecule has 0 spiro atoms. The number of rotatable bonds is 2. The summed E-state index contributed by atoms with van der Waals surface area (Å²) >= 11 is 6.88. The maximum atomic E-state index is 7.24. The highest BCUT2D eigenvalue weighted by molar-refractivity contribution is 14.1. The predicted molar refractivity (Wildman–Crippen MR) is 166 cm³/mol. The maximum Gasteiger partial charge on any atom is 0.198 e. The van der Waals surface area contributed by atoms with Crippen molar-refractivity contribution in [3.63, 3.8) is 0 Å². The number of halogens is 3. The number of nitrogen functional groups attached to an aromatic ring is 3.